The molecule has 2 aromatic heterocycles. The Labute approximate surface area is 135 Å². The molecular formula is C17H20N4S. The lowest BCUT2D eigenvalue weighted by molar-refractivity contribution is 0.320. The summed E-state index contributed by atoms with van der Waals surface area (Å²) in [6.45, 7) is 7.60. The molecule has 0 spiro atoms. The fraction of sp³-hybridized carbons (Fsp3) is 0.412. The molecule has 2 aliphatic heterocycles. The molecule has 4 heterocycles. The fourth-order valence-corrected chi connectivity index (χ4v) is 4.60. The van der Waals surface area contributed by atoms with Crippen molar-refractivity contribution in [2.24, 2.45) is 4.99 Å². The Balaban J connectivity index is 1.80. The molecule has 0 saturated carbocycles. The van der Waals surface area contributed by atoms with Crippen molar-refractivity contribution >= 4 is 16.9 Å². The van der Waals surface area contributed by atoms with Gasteiger partial charge >= 0.3 is 0 Å². The molecule has 114 valence electrons. The highest BCUT2D eigenvalue weighted by Crippen LogP contribution is 2.48. The summed E-state index contributed by atoms with van der Waals surface area (Å²) < 4.78 is 0. The summed E-state index contributed by atoms with van der Waals surface area (Å²) in [7, 11) is 0. The van der Waals surface area contributed by atoms with Crippen LogP contribution in [0.1, 0.15) is 41.7 Å². The van der Waals surface area contributed by atoms with Crippen LogP contribution in [0.4, 0.5) is 0 Å². The summed E-state index contributed by atoms with van der Waals surface area (Å²) in [5, 5.41) is 1.78. The second-order valence-electron chi connectivity index (χ2n) is 6.17. The number of nitrogens with zero attached hydrogens (tertiary/aromatic N) is 3. The van der Waals surface area contributed by atoms with Crippen LogP contribution < -0.4 is 0 Å². The minimum atomic E-state index is 0.0881. The molecule has 2 aliphatic rings. The van der Waals surface area contributed by atoms with Crippen molar-refractivity contribution < 1.29 is 0 Å². The summed E-state index contributed by atoms with van der Waals surface area (Å²) in [4.78, 5) is 15.5. The van der Waals surface area contributed by atoms with Crippen molar-refractivity contribution in [3.05, 3.63) is 53.1 Å². The lowest BCUT2D eigenvalue weighted by Crippen LogP contribution is -2.28. The van der Waals surface area contributed by atoms with Gasteiger partial charge in [0.05, 0.1) is 11.7 Å². The Morgan fingerprint density at radius 2 is 2.18 bits per heavy atom. The third-order valence-electron chi connectivity index (χ3n) is 4.39. The van der Waals surface area contributed by atoms with E-state index in [2.05, 4.69) is 47.8 Å². The summed E-state index contributed by atoms with van der Waals surface area (Å²) in [6.07, 6.45) is 1.86. The molecule has 5 heteroatoms. The molecule has 3 atom stereocenters. The minimum Gasteiger partial charge on any atom is -0.362 e. The second kappa shape index (κ2) is 5.16. The lowest BCUT2D eigenvalue weighted by Gasteiger charge is -2.27. The number of rotatable bonds is 2. The first-order chi connectivity index (χ1) is 10.6. The van der Waals surface area contributed by atoms with Gasteiger partial charge in [-0.2, -0.15) is 0 Å². The molecule has 1 saturated heterocycles. The first-order valence-electron chi connectivity index (χ1n) is 7.71. The SMILES string of the molecule is Cc1cc([C@@H]2[C@H](c3ccccn3)N=C3S[C@@H](C)CN32)c(C)[nH]1. The highest BCUT2D eigenvalue weighted by atomic mass is 32.2. The van der Waals surface area contributed by atoms with Crippen LogP contribution in [0.2, 0.25) is 0 Å². The zero-order valence-corrected chi connectivity index (χ0v) is 13.9. The number of amidine groups is 1. The molecular weight excluding hydrogens is 292 g/mol. The maximum atomic E-state index is 5.01. The number of hydrogen-bond acceptors (Lipinski definition) is 4. The standard InChI is InChI=1S/C17H20N4S/c1-10-8-13(12(3)19-10)16-15(14-6-4-5-7-18-14)20-17-21(16)9-11(2)22-17/h4-8,11,15-16,19H,9H2,1-3H3/t11-,15-,16+/m0/s1. The molecule has 0 aromatic carbocycles. The van der Waals surface area contributed by atoms with Crippen LogP contribution in [0.25, 0.3) is 0 Å². The van der Waals surface area contributed by atoms with Crippen LogP contribution in [0.15, 0.2) is 35.5 Å². The van der Waals surface area contributed by atoms with Gasteiger partial charge in [0.2, 0.25) is 0 Å². The van der Waals surface area contributed by atoms with E-state index in [-0.39, 0.29) is 12.1 Å². The van der Waals surface area contributed by atoms with Crippen molar-refractivity contribution in [2.45, 2.75) is 38.1 Å². The van der Waals surface area contributed by atoms with Gasteiger partial charge in [-0.3, -0.25) is 9.98 Å². The molecule has 2 aromatic rings. The topological polar surface area (TPSA) is 44.3 Å². The second-order valence-corrected chi connectivity index (χ2v) is 7.58. The van der Waals surface area contributed by atoms with Crippen LogP contribution in [0, 0.1) is 13.8 Å². The number of aryl methyl sites for hydroxylation is 2. The van der Waals surface area contributed by atoms with E-state index in [1.165, 1.54) is 22.1 Å². The van der Waals surface area contributed by atoms with Gasteiger partial charge in [-0.15, -0.1) is 0 Å². The normalized spacial score (nSPS) is 27.1. The first-order valence-corrected chi connectivity index (χ1v) is 8.59. The van der Waals surface area contributed by atoms with Gasteiger partial charge in [0, 0.05) is 29.4 Å². The van der Waals surface area contributed by atoms with E-state index >= 15 is 0 Å². The van der Waals surface area contributed by atoms with E-state index < -0.39 is 0 Å². The molecule has 1 N–H and O–H groups in total. The smallest absolute Gasteiger partial charge is 0.160 e. The molecule has 4 nitrogen and oxygen atoms in total. The summed E-state index contributed by atoms with van der Waals surface area (Å²) >= 11 is 1.88. The molecule has 1 fully saturated rings. The van der Waals surface area contributed by atoms with E-state index in [0.717, 1.165) is 12.2 Å². The molecule has 4 rings (SSSR count). The van der Waals surface area contributed by atoms with Gasteiger partial charge in [0.1, 0.15) is 6.04 Å². The summed E-state index contributed by atoms with van der Waals surface area (Å²) in [6, 6.07) is 8.71. The molecule has 0 amide bonds. The molecule has 0 bridgehead atoms. The van der Waals surface area contributed by atoms with E-state index in [9.17, 15) is 0 Å². The van der Waals surface area contributed by atoms with Gasteiger partial charge in [0.15, 0.2) is 5.17 Å². The lowest BCUT2D eigenvalue weighted by atomic mass is 9.96. The Hall–Kier alpha value is -1.75. The largest absolute Gasteiger partial charge is 0.362 e. The molecule has 0 radical (unpaired) electrons. The quantitative estimate of drug-likeness (QED) is 0.921. The van der Waals surface area contributed by atoms with Crippen LogP contribution >= 0.6 is 11.8 Å². The van der Waals surface area contributed by atoms with Crippen LogP contribution in [0.5, 0.6) is 0 Å². The van der Waals surface area contributed by atoms with E-state index in [4.69, 9.17) is 4.99 Å². The highest BCUT2D eigenvalue weighted by molar-refractivity contribution is 8.14. The van der Waals surface area contributed by atoms with Gasteiger partial charge in [-0.1, -0.05) is 24.8 Å². The van der Waals surface area contributed by atoms with Crippen molar-refractivity contribution in [1.82, 2.24) is 14.9 Å². The van der Waals surface area contributed by atoms with Gasteiger partial charge in [-0.25, -0.2) is 0 Å². The van der Waals surface area contributed by atoms with E-state index in [1.807, 2.05) is 30.1 Å². The fourth-order valence-electron chi connectivity index (χ4n) is 3.51. The number of nitrogens with one attached hydrogen (secondary N) is 1. The third kappa shape index (κ3) is 2.15. The monoisotopic (exact) mass is 312 g/mol. The number of aromatic nitrogens is 2. The zero-order chi connectivity index (χ0) is 15.3. The van der Waals surface area contributed by atoms with Crippen LogP contribution in [0.3, 0.4) is 0 Å². The van der Waals surface area contributed by atoms with E-state index in [0.29, 0.717) is 5.25 Å². The van der Waals surface area contributed by atoms with Crippen LogP contribution in [-0.4, -0.2) is 31.8 Å². The zero-order valence-electron chi connectivity index (χ0n) is 13.1. The Morgan fingerprint density at radius 3 is 2.86 bits per heavy atom. The number of fused-ring (bicyclic) bond motifs is 1. The highest BCUT2D eigenvalue weighted by Gasteiger charge is 2.44. The minimum absolute atomic E-state index is 0.0881. The van der Waals surface area contributed by atoms with Crippen molar-refractivity contribution in [2.75, 3.05) is 6.54 Å². The first kappa shape index (κ1) is 13.9. The van der Waals surface area contributed by atoms with Gasteiger partial charge in [-0.05, 0) is 37.6 Å². The summed E-state index contributed by atoms with van der Waals surface area (Å²) in [5.41, 5.74) is 4.85. The van der Waals surface area contributed by atoms with Gasteiger partial charge < -0.3 is 9.88 Å². The Kier molecular flexibility index (Phi) is 3.26. The van der Waals surface area contributed by atoms with Crippen LogP contribution in [-0.2, 0) is 0 Å². The van der Waals surface area contributed by atoms with Crippen molar-refractivity contribution in [3.63, 3.8) is 0 Å². The number of aromatic amines is 1. The number of thioether (sulfide) groups is 1. The molecule has 22 heavy (non-hydrogen) atoms. The average molecular weight is 312 g/mol. The predicted molar refractivity (Wildman–Crippen MR) is 91.2 cm³/mol. The maximum Gasteiger partial charge on any atom is 0.160 e. The Morgan fingerprint density at radius 1 is 1.32 bits per heavy atom. The number of aliphatic imine (C=N–C) groups is 1. The number of hydrogen-bond donors (Lipinski definition) is 1. The number of pyridine rings is 1. The van der Waals surface area contributed by atoms with E-state index in [1.54, 1.807) is 0 Å². The Bertz CT molecular complexity index is 722. The van der Waals surface area contributed by atoms with Crippen molar-refractivity contribution in [3.8, 4) is 0 Å². The molecule has 0 aliphatic carbocycles. The number of H-pyrrole nitrogens is 1. The van der Waals surface area contributed by atoms with Gasteiger partial charge in [0.25, 0.3) is 0 Å². The average Bonchev–Trinajstić information content (AvgIpc) is 3.11. The maximum absolute atomic E-state index is 5.01. The third-order valence-corrected chi connectivity index (χ3v) is 5.49. The van der Waals surface area contributed by atoms with Crippen molar-refractivity contribution in [1.29, 1.82) is 0 Å². The summed E-state index contributed by atoms with van der Waals surface area (Å²) in [5.74, 6) is 0. The molecule has 0 unspecified atom stereocenters. The predicted octanol–water partition coefficient (Wildman–Crippen LogP) is 3.62.